The number of hydrogen-bond acceptors (Lipinski definition) is 6. The molecule has 1 fully saturated rings. The Morgan fingerprint density at radius 1 is 1.05 bits per heavy atom. The number of anilines is 1. The fourth-order valence-corrected chi connectivity index (χ4v) is 5.60. The lowest BCUT2D eigenvalue weighted by Crippen LogP contribution is -2.20. The molecule has 0 atom stereocenters. The number of nitrogen functional groups attached to an aromatic ring is 1. The lowest BCUT2D eigenvalue weighted by molar-refractivity contribution is -0.274. The number of aromatic nitrogens is 4. The number of ether oxygens (including phenoxy) is 1. The first-order valence-corrected chi connectivity index (χ1v) is 13.7. The van der Waals surface area contributed by atoms with Gasteiger partial charge in [-0.1, -0.05) is 18.2 Å². The van der Waals surface area contributed by atoms with Crippen LogP contribution in [0.3, 0.4) is 0 Å². The molecule has 4 N–H and O–H groups in total. The number of aliphatic hydroxyl groups is 1. The standard InChI is InChI=1S/C32H23F4N5O3/c33-24-13-19(16-4-5-16)12-18-10-11-41(30(43)27(18)24)26-3-1-2-21(23(26)15-42)28-22-14-25(38-29(22)40-31(37)39-28)17-6-8-20(9-7-17)44-32(34,35)36/h1-3,6-14,16,42H,4-5,15H2,(H3,37,38,39,40). The first-order valence-electron chi connectivity index (χ1n) is 13.7. The SMILES string of the molecule is Nc1nc(-c2cccc(-n3ccc4cc(C5CC5)cc(F)c4c3=O)c2CO)c2cc(-c3ccc(OC(F)(F)F)cc3)[nH]c2n1. The molecule has 1 aliphatic rings. The minimum atomic E-state index is -4.81. The molecule has 7 rings (SSSR count). The second-order valence-corrected chi connectivity index (χ2v) is 10.6. The predicted octanol–water partition coefficient (Wildman–Crippen LogP) is 6.59. The van der Waals surface area contributed by atoms with Gasteiger partial charge in [-0.25, -0.2) is 9.37 Å². The van der Waals surface area contributed by atoms with Crippen LogP contribution >= 0.6 is 0 Å². The van der Waals surface area contributed by atoms with Crippen molar-refractivity contribution in [2.75, 3.05) is 5.73 Å². The van der Waals surface area contributed by atoms with E-state index in [0.29, 0.717) is 56.1 Å². The molecule has 222 valence electrons. The number of hydrogen-bond donors (Lipinski definition) is 3. The quantitative estimate of drug-likeness (QED) is 0.186. The predicted molar refractivity (Wildman–Crippen MR) is 157 cm³/mol. The molecule has 0 spiro atoms. The number of benzene rings is 3. The molecule has 1 aliphatic carbocycles. The lowest BCUT2D eigenvalue weighted by Gasteiger charge is -2.16. The number of fused-ring (bicyclic) bond motifs is 2. The fraction of sp³-hybridized carbons (Fsp3) is 0.156. The second kappa shape index (κ2) is 10.2. The largest absolute Gasteiger partial charge is 0.573 e. The zero-order valence-electron chi connectivity index (χ0n) is 22.8. The molecule has 0 unspecified atom stereocenters. The van der Waals surface area contributed by atoms with E-state index in [2.05, 4.69) is 19.7 Å². The molecule has 3 heterocycles. The molecule has 3 aromatic carbocycles. The van der Waals surface area contributed by atoms with Gasteiger partial charge in [0, 0.05) is 28.4 Å². The summed E-state index contributed by atoms with van der Waals surface area (Å²) in [6.07, 6.45) is -1.25. The van der Waals surface area contributed by atoms with Gasteiger partial charge >= 0.3 is 6.36 Å². The van der Waals surface area contributed by atoms with Crippen LogP contribution in [0, 0.1) is 5.82 Å². The number of rotatable bonds is 6. The summed E-state index contributed by atoms with van der Waals surface area (Å²) in [4.78, 5) is 25.4. The smallest absolute Gasteiger partial charge is 0.406 e. The Morgan fingerprint density at radius 2 is 1.82 bits per heavy atom. The Morgan fingerprint density at radius 3 is 2.52 bits per heavy atom. The van der Waals surface area contributed by atoms with Crippen molar-refractivity contribution in [3.63, 3.8) is 0 Å². The average molecular weight is 602 g/mol. The summed E-state index contributed by atoms with van der Waals surface area (Å²) in [5, 5.41) is 11.5. The highest BCUT2D eigenvalue weighted by molar-refractivity contribution is 5.96. The first kappa shape index (κ1) is 27.6. The number of halogens is 4. The molecule has 12 heteroatoms. The molecule has 1 saturated carbocycles. The Labute approximate surface area is 246 Å². The van der Waals surface area contributed by atoms with Gasteiger partial charge in [-0.15, -0.1) is 13.2 Å². The maximum absolute atomic E-state index is 15.2. The summed E-state index contributed by atoms with van der Waals surface area (Å²) >= 11 is 0. The molecule has 0 amide bonds. The van der Waals surface area contributed by atoms with E-state index in [4.69, 9.17) is 5.73 Å². The van der Waals surface area contributed by atoms with Crippen LogP contribution in [0.1, 0.15) is 29.9 Å². The Kier molecular flexibility index (Phi) is 6.39. The molecule has 6 aromatic rings. The van der Waals surface area contributed by atoms with Crippen LogP contribution in [0.4, 0.5) is 23.5 Å². The molecule has 3 aromatic heterocycles. The summed E-state index contributed by atoms with van der Waals surface area (Å²) in [5.41, 5.74) is 9.28. The highest BCUT2D eigenvalue weighted by Crippen LogP contribution is 2.41. The molecule has 44 heavy (non-hydrogen) atoms. The van der Waals surface area contributed by atoms with E-state index in [0.717, 1.165) is 18.4 Å². The van der Waals surface area contributed by atoms with Crippen molar-refractivity contribution in [3.8, 4) is 34.0 Å². The van der Waals surface area contributed by atoms with Crippen LogP contribution < -0.4 is 16.0 Å². The third-order valence-corrected chi connectivity index (χ3v) is 7.76. The number of nitrogens with two attached hydrogens (primary N) is 1. The van der Waals surface area contributed by atoms with E-state index >= 15 is 4.39 Å². The number of aromatic amines is 1. The zero-order chi connectivity index (χ0) is 30.7. The van der Waals surface area contributed by atoms with Gasteiger partial charge in [0.05, 0.1) is 23.4 Å². The van der Waals surface area contributed by atoms with Gasteiger partial charge in [-0.3, -0.25) is 9.36 Å². The topological polar surface area (TPSA) is 119 Å². The van der Waals surface area contributed by atoms with Crippen LogP contribution in [-0.4, -0.2) is 31.0 Å². The molecular formula is C32H23F4N5O3. The molecule has 0 saturated heterocycles. The average Bonchev–Trinajstić information content (AvgIpc) is 3.75. The number of alkyl halides is 3. The van der Waals surface area contributed by atoms with Gasteiger partial charge < -0.3 is 20.6 Å². The minimum Gasteiger partial charge on any atom is -0.406 e. The van der Waals surface area contributed by atoms with Crippen LogP contribution in [0.25, 0.3) is 50.0 Å². The van der Waals surface area contributed by atoms with Crippen molar-refractivity contribution in [2.24, 2.45) is 0 Å². The third-order valence-electron chi connectivity index (χ3n) is 7.76. The van der Waals surface area contributed by atoms with Crippen LogP contribution in [0.15, 0.2) is 77.7 Å². The van der Waals surface area contributed by atoms with Crippen LogP contribution in [-0.2, 0) is 6.61 Å². The van der Waals surface area contributed by atoms with Gasteiger partial charge in [-0.05, 0) is 83.8 Å². The lowest BCUT2D eigenvalue weighted by atomic mass is 10.00. The molecule has 8 nitrogen and oxygen atoms in total. The van der Waals surface area contributed by atoms with Gasteiger partial charge in [0.25, 0.3) is 5.56 Å². The maximum atomic E-state index is 15.2. The Hall–Kier alpha value is -5.23. The van der Waals surface area contributed by atoms with Crippen molar-refractivity contribution >= 4 is 27.8 Å². The van der Waals surface area contributed by atoms with Crippen molar-refractivity contribution in [3.05, 3.63) is 100 Å². The van der Waals surface area contributed by atoms with Gasteiger partial charge in [-0.2, -0.15) is 4.98 Å². The number of H-pyrrole nitrogens is 1. The van der Waals surface area contributed by atoms with E-state index in [9.17, 15) is 23.1 Å². The third kappa shape index (κ3) is 4.92. The van der Waals surface area contributed by atoms with Crippen LogP contribution in [0.5, 0.6) is 5.75 Å². The van der Waals surface area contributed by atoms with Gasteiger partial charge in [0.1, 0.15) is 17.2 Å². The molecule has 0 bridgehead atoms. The second-order valence-electron chi connectivity index (χ2n) is 10.6. The van der Waals surface area contributed by atoms with Crippen molar-refractivity contribution in [1.29, 1.82) is 0 Å². The number of pyridine rings is 1. The molecular weight excluding hydrogens is 578 g/mol. The van der Waals surface area contributed by atoms with E-state index in [1.54, 1.807) is 36.5 Å². The zero-order valence-corrected chi connectivity index (χ0v) is 22.8. The van der Waals surface area contributed by atoms with Gasteiger partial charge in [0.15, 0.2) is 0 Å². The normalized spacial score (nSPS) is 13.6. The van der Waals surface area contributed by atoms with Crippen LogP contribution in [0.2, 0.25) is 0 Å². The molecule has 0 radical (unpaired) electrons. The van der Waals surface area contributed by atoms with Crippen molar-refractivity contribution in [2.45, 2.75) is 31.7 Å². The fourth-order valence-electron chi connectivity index (χ4n) is 5.60. The number of nitrogens with zero attached hydrogens (tertiary/aromatic N) is 3. The maximum Gasteiger partial charge on any atom is 0.573 e. The molecule has 0 aliphatic heterocycles. The summed E-state index contributed by atoms with van der Waals surface area (Å²) in [6.45, 7) is -0.484. The summed E-state index contributed by atoms with van der Waals surface area (Å²) in [7, 11) is 0. The first-order chi connectivity index (χ1) is 21.1. The summed E-state index contributed by atoms with van der Waals surface area (Å²) < 4.78 is 58.2. The highest BCUT2D eigenvalue weighted by atomic mass is 19.4. The van der Waals surface area contributed by atoms with E-state index in [1.165, 1.54) is 34.9 Å². The van der Waals surface area contributed by atoms with Crippen molar-refractivity contribution in [1.82, 2.24) is 19.5 Å². The summed E-state index contributed by atoms with van der Waals surface area (Å²) in [6, 6.07) is 17.0. The Bertz CT molecular complexity index is 2130. The van der Waals surface area contributed by atoms with Gasteiger partial charge in [0.2, 0.25) is 5.95 Å². The minimum absolute atomic E-state index is 0.0400. The number of aliphatic hydroxyl groups excluding tert-OH is 1. The monoisotopic (exact) mass is 601 g/mol. The number of nitrogens with one attached hydrogen (secondary N) is 1. The summed E-state index contributed by atoms with van der Waals surface area (Å²) in [5.74, 6) is -0.698. The highest BCUT2D eigenvalue weighted by Gasteiger charge is 2.31. The van der Waals surface area contributed by atoms with Crippen molar-refractivity contribution < 1.29 is 27.4 Å². The van der Waals surface area contributed by atoms with E-state index in [1.807, 2.05) is 6.07 Å². The van der Waals surface area contributed by atoms with E-state index < -0.39 is 24.3 Å². The van der Waals surface area contributed by atoms with E-state index in [-0.39, 0.29) is 17.1 Å². The Balaban J connectivity index is 1.34.